The second-order valence-electron chi connectivity index (χ2n) is 8.52. The van der Waals surface area contributed by atoms with Crippen LogP contribution in [0.5, 0.6) is 0 Å². The zero-order valence-corrected chi connectivity index (χ0v) is 21.0. The van der Waals surface area contributed by atoms with Gasteiger partial charge in [-0.3, -0.25) is 4.79 Å². The monoisotopic (exact) mass is 499 g/mol. The van der Waals surface area contributed by atoms with Crippen molar-refractivity contribution in [3.8, 4) is 0 Å². The molecule has 4 N–H and O–H groups in total. The molecule has 0 aliphatic carbocycles. The summed E-state index contributed by atoms with van der Waals surface area (Å²) in [4.78, 5) is 26.2. The molecule has 0 saturated heterocycles. The Morgan fingerprint density at radius 1 is 0.703 bits per heavy atom. The third kappa shape index (κ3) is 7.23. The van der Waals surface area contributed by atoms with Crippen molar-refractivity contribution >= 4 is 40.8 Å². The van der Waals surface area contributed by atoms with Gasteiger partial charge in [0.25, 0.3) is 0 Å². The van der Waals surface area contributed by atoms with E-state index in [-0.39, 0.29) is 17.7 Å². The molecule has 1 heterocycles. The highest BCUT2D eigenvalue weighted by atomic mass is 19.1. The lowest BCUT2D eigenvalue weighted by Gasteiger charge is -2.16. The topological polar surface area (TPSA) is 104 Å². The second kappa shape index (κ2) is 11.9. The van der Waals surface area contributed by atoms with Crippen LogP contribution >= 0.6 is 0 Å². The van der Waals surface area contributed by atoms with E-state index in [9.17, 15) is 9.18 Å². The highest BCUT2D eigenvalue weighted by Gasteiger charge is 2.16. The van der Waals surface area contributed by atoms with Gasteiger partial charge >= 0.3 is 0 Å². The van der Waals surface area contributed by atoms with E-state index in [2.05, 4.69) is 50.1 Å². The molecule has 1 aromatic heterocycles. The number of carbonyl (C=O) groups excluding carboxylic acids is 1. The van der Waals surface area contributed by atoms with Crippen LogP contribution in [0.4, 0.5) is 39.3 Å². The van der Waals surface area contributed by atoms with E-state index >= 15 is 0 Å². The van der Waals surface area contributed by atoms with Crippen LogP contribution in [0.2, 0.25) is 0 Å². The Bertz CT molecular complexity index is 1260. The number of benzene rings is 3. The Balaban J connectivity index is 1.54. The fourth-order valence-electron chi connectivity index (χ4n) is 3.50. The molecule has 8 nitrogen and oxygen atoms in total. The van der Waals surface area contributed by atoms with Gasteiger partial charge in [0, 0.05) is 17.1 Å². The molecule has 190 valence electrons. The lowest BCUT2D eigenvalue weighted by Crippen LogP contribution is -2.32. The number of aromatic nitrogens is 3. The number of halogens is 1. The van der Waals surface area contributed by atoms with Crippen LogP contribution in [-0.2, 0) is 17.6 Å². The summed E-state index contributed by atoms with van der Waals surface area (Å²) in [7, 11) is 0. The van der Waals surface area contributed by atoms with Crippen molar-refractivity contribution in [1.82, 2.24) is 15.0 Å². The first-order valence-corrected chi connectivity index (χ1v) is 12.2. The molecule has 0 bridgehead atoms. The molecule has 0 aliphatic heterocycles. The summed E-state index contributed by atoms with van der Waals surface area (Å²) in [6.45, 7) is 5.89. The van der Waals surface area contributed by atoms with Crippen LogP contribution in [0.3, 0.4) is 0 Å². The smallest absolute Gasteiger partial charge is 0.246 e. The average Bonchev–Trinajstić information content (AvgIpc) is 2.90. The zero-order valence-electron chi connectivity index (χ0n) is 21.0. The van der Waals surface area contributed by atoms with Crippen molar-refractivity contribution in [3.63, 3.8) is 0 Å². The number of hydrogen-bond acceptors (Lipinski definition) is 7. The van der Waals surface area contributed by atoms with E-state index in [4.69, 9.17) is 0 Å². The molecule has 4 aromatic rings. The van der Waals surface area contributed by atoms with Crippen molar-refractivity contribution in [2.24, 2.45) is 0 Å². The van der Waals surface area contributed by atoms with E-state index in [1.807, 2.05) is 48.5 Å². The summed E-state index contributed by atoms with van der Waals surface area (Å²) >= 11 is 0. The number of nitrogens with zero attached hydrogens (tertiary/aromatic N) is 3. The number of anilines is 6. The summed E-state index contributed by atoms with van der Waals surface area (Å²) in [5, 5.41) is 12.2. The van der Waals surface area contributed by atoms with Crippen LogP contribution in [0.1, 0.15) is 31.9 Å². The molecule has 0 radical (unpaired) electrons. The number of rotatable bonds is 10. The SMILES string of the molecule is CCc1ccc(Nc2nc(Nc3ccc(CC)cc3)nc(N[C@@H](C)C(=O)Nc3ccc(F)cc3)n2)cc1. The van der Waals surface area contributed by atoms with E-state index in [0.29, 0.717) is 17.6 Å². The minimum atomic E-state index is -0.680. The van der Waals surface area contributed by atoms with Gasteiger partial charge in [0.15, 0.2) is 0 Å². The van der Waals surface area contributed by atoms with Gasteiger partial charge < -0.3 is 21.3 Å². The standard InChI is InChI=1S/C28H30FN7O/c1-4-19-6-12-23(13-7-19)32-27-34-26(30-18(3)25(37)31-22-16-10-21(29)11-17-22)35-28(36-27)33-24-14-8-20(5-2)9-15-24/h6-18H,4-5H2,1-3H3,(H,31,37)(H3,30,32,33,34,35,36)/t18-/m0/s1. The molecule has 1 atom stereocenters. The Hall–Kier alpha value is -4.53. The predicted molar refractivity (Wildman–Crippen MR) is 146 cm³/mol. The van der Waals surface area contributed by atoms with E-state index in [1.54, 1.807) is 6.92 Å². The molecule has 0 aliphatic rings. The maximum absolute atomic E-state index is 13.2. The van der Waals surface area contributed by atoms with E-state index in [0.717, 1.165) is 24.2 Å². The zero-order chi connectivity index (χ0) is 26.2. The normalized spacial score (nSPS) is 11.5. The Kier molecular flexibility index (Phi) is 8.25. The van der Waals surface area contributed by atoms with Crippen molar-refractivity contribution in [2.75, 3.05) is 21.3 Å². The largest absolute Gasteiger partial charge is 0.342 e. The summed E-state index contributed by atoms with van der Waals surface area (Å²) in [6, 6.07) is 20.9. The Morgan fingerprint density at radius 2 is 1.14 bits per heavy atom. The fourth-order valence-corrected chi connectivity index (χ4v) is 3.50. The van der Waals surface area contributed by atoms with Crippen LogP contribution in [0.25, 0.3) is 0 Å². The average molecular weight is 500 g/mol. The highest BCUT2D eigenvalue weighted by Crippen LogP contribution is 2.20. The highest BCUT2D eigenvalue weighted by molar-refractivity contribution is 5.96. The summed E-state index contributed by atoms with van der Waals surface area (Å²) in [5.41, 5.74) is 4.60. The number of aryl methyl sites for hydroxylation is 2. The molecular formula is C28H30FN7O. The minimum Gasteiger partial charge on any atom is -0.342 e. The summed E-state index contributed by atoms with van der Waals surface area (Å²) < 4.78 is 13.2. The van der Waals surface area contributed by atoms with Crippen LogP contribution in [0, 0.1) is 5.82 Å². The lowest BCUT2D eigenvalue weighted by atomic mass is 10.1. The maximum atomic E-state index is 13.2. The van der Waals surface area contributed by atoms with Crippen molar-refractivity contribution in [3.05, 3.63) is 89.7 Å². The molecule has 4 rings (SSSR count). The third-order valence-electron chi connectivity index (χ3n) is 5.72. The first kappa shape index (κ1) is 25.6. The van der Waals surface area contributed by atoms with Crippen LogP contribution < -0.4 is 21.3 Å². The first-order valence-electron chi connectivity index (χ1n) is 12.2. The first-order chi connectivity index (χ1) is 17.9. The molecule has 37 heavy (non-hydrogen) atoms. The molecular weight excluding hydrogens is 469 g/mol. The van der Waals surface area contributed by atoms with Crippen molar-refractivity contribution in [2.45, 2.75) is 39.7 Å². The molecule has 3 aromatic carbocycles. The predicted octanol–water partition coefficient (Wildman–Crippen LogP) is 6.06. The van der Waals surface area contributed by atoms with Gasteiger partial charge in [-0.15, -0.1) is 0 Å². The van der Waals surface area contributed by atoms with Gasteiger partial charge in [-0.05, 0) is 79.4 Å². The molecule has 0 fully saturated rings. The summed E-state index contributed by atoms with van der Waals surface area (Å²) in [6.07, 6.45) is 1.89. The van der Waals surface area contributed by atoms with Gasteiger partial charge in [0.1, 0.15) is 11.9 Å². The maximum Gasteiger partial charge on any atom is 0.246 e. The van der Waals surface area contributed by atoms with Crippen LogP contribution in [0.15, 0.2) is 72.8 Å². The molecule has 0 saturated carbocycles. The molecule has 0 spiro atoms. The summed E-state index contributed by atoms with van der Waals surface area (Å²) in [5.74, 6) is 0.169. The number of hydrogen-bond donors (Lipinski definition) is 4. The fraction of sp³-hybridized carbons (Fsp3) is 0.214. The van der Waals surface area contributed by atoms with Crippen molar-refractivity contribution < 1.29 is 9.18 Å². The van der Waals surface area contributed by atoms with E-state index in [1.165, 1.54) is 35.4 Å². The van der Waals surface area contributed by atoms with Gasteiger partial charge in [0.05, 0.1) is 0 Å². The molecule has 9 heteroatoms. The van der Waals surface area contributed by atoms with Gasteiger partial charge in [-0.1, -0.05) is 38.1 Å². The second-order valence-corrected chi connectivity index (χ2v) is 8.52. The van der Waals surface area contributed by atoms with Gasteiger partial charge in [0.2, 0.25) is 23.8 Å². The third-order valence-corrected chi connectivity index (χ3v) is 5.72. The lowest BCUT2D eigenvalue weighted by molar-refractivity contribution is -0.116. The number of carbonyl (C=O) groups is 1. The molecule has 0 unspecified atom stereocenters. The van der Waals surface area contributed by atoms with Crippen LogP contribution in [-0.4, -0.2) is 26.9 Å². The minimum absolute atomic E-state index is 0.220. The van der Waals surface area contributed by atoms with Gasteiger partial charge in [-0.25, -0.2) is 4.39 Å². The molecule has 1 amide bonds. The van der Waals surface area contributed by atoms with Crippen molar-refractivity contribution in [1.29, 1.82) is 0 Å². The number of amides is 1. The Morgan fingerprint density at radius 3 is 1.59 bits per heavy atom. The number of nitrogens with one attached hydrogen (secondary N) is 4. The van der Waals surface area contributed by atoms with Gasteiger partial charge in [-0.2, -0.15) is 15.0 Å². The quantitative estimate of drug-likeness (QED) is 0.210. The van der Waals surface area contributed by atoms with E-state index < -0.39 is 6.04 Å². The Labute approximate surface area is 215 Å².